The molecule has 0 unspecified atom stereocenters. The summed E-state index contributed by atoms with van der Waals surface area (Å²) in [7, 11) is 0. The number of hydrogen-bond donors (Lipinski definition) is 6. The van der Waals surface area contributed by atoms with E-state index in [1.807, 2.05) is 24.5 Å². The van der Waals surface area contributed by atoms with E-state index in [2.05, 4.69) is 39.7 Å². The molecule has 320 valence electrons. The Kier molecular flexibility index (Phi) is 12.2. The first-order valence-electron chi connectivity index (χ1n) is 22.0. The highest BCUT2D eigenvalue weighted by atomic mass is 16.5. The highest BCUT2D eigenvalue weighted by molar-refractivity contribution is 5.88. The number of nitrogens with one attached hydrogen (secondary N) is 2. The molecule has 6 heterocycles. The van der Waals surface area contributed by atoms with Crippen LogP contribution in [0.15, 0.2) is 37.2 Å². The lowest BCUT2D eigenvalue weighted by Crippen LogP contribution is -2.46. The summed E-state index contributed by atoms with van der Waals surface area (Å²) in [5.41, 5.74) is 1.33. The van der Waals surface area contributed by atoms with E-state index in [1.54, 1.807) is 12.7 Å². The molecule has 6 N–H and O–H groups in total. The largest absolute Gasteiger partial charge is 0.481 e. The van der Waals surface area contributed by atoms with Crippen molar-refractivity contribution in [2.45, 2.75) is 103 Å². The number of carboxylic acid groups (broad SMARTS) is 1. The van der Waals surface area contributed by atoms with Gasteiger partial charge in [0.2, 0.25) is 0 Å². The summed E-state index contributed by atoms with van der Waals surface area (Å²) in [5, 5.41) is 39.3. The molecule has 2 aliphatic heterocycles. The van der Waals surface area contributed by atoms with Crippen LogP contribution in [0.2, 0.25) is 0 Å². The number of nitrogens with zero attached hydrogens (tertiary/aromatic N) is 6. The maximum absolute atomic E-state index is 13.0. The molecule has 4 aromatic rings. The summed E-state index contributed by atoms with van der Waals surface area (Å²) in [5.74, 6) is 0.942. The van der Waals surface area contributed by atoms with Crippen molar-refractivity contribution < 1.29 is 34.8 Å². The maximum Gasteiger partial charge on any atom is 0.309 e. The summed E-state index contributed by atoms with van der Waals surface area (Å²) in [6.07, 6.45) is 23.5. The number of aliphatic carboxylic acids is 1. The smallest absolute Gasteiger partial charge is 0.309 e. The third-order valence-electron chi connectivity index (χ3n) is 14.9. The molecular weight excluding hydrogens is 753 g/mol. The summed E-state index contributed by atoms with van der Waals surface area (Å²) >= 11 is 0. The first kappa shape index (κ1) is 41.4. The highest BCUT2D eigenvalue weighted by Crippen LogP contribution is 2.57. The minimum absolute atomic E-state index is 0.0157. The number of carbonyl (C=O) groups is 2. The van der Waals surface area contributed by atoms with Gasteiger partial charge in [-0.2, -0.15) is 0 Å². The molecule has 4 saturated carbocycles. The molecule has 15 nitrogen and oxygen atoms in total. The Morgan fingerprint density at radius 1 is 0.644 bits per heavy atom. The lowest BCUT2D eigenvalue weighted by Gasteiger charge is -2.40. The number of H-pyrrole nitrogens is 2. The number of anilines is 2. The topological polar surface area (TPSA) is 214 Å². The third kappa shape index (κ3) is 8.65. The van der Waals surface area contributed by atoms with Crippen LogP contribution in [0.25, 0.3) is 22.1 Å². The Balaban J connectivity index is 0.000000139. The van der Waals surface area contributed by atoms with E-state index in [1.165, 1.54) is 25.7 Å². The van der Waals surface area contributed by atoms with Gasteiger partial charge in [-0.25, -0.2) is 19.9 Å². The molecule has 0 radical (unpaired) electrons. The fraction of sp³-hybridized carbons (Fsp3) is 0.682. The van der Waals surface area contributed by atoms with E-state index >= 15 is 0 Å². The number of fused-ring (bicyclic) bond motifs is 2. The number of aliphatic hydroxyl groups is 3. The second-order valence-electron chi connectivity index (χ2n) is 18.7. The minimum Gasteiger partial charge on any atom is -0.481 e. The Labute approximate surface area is 345 Å². The van der Waals surface area contributed by atoms with Crippen molar-refractivity contribution in [2.24, 2.45) is 33.5 Å². The van der Waals surface area contributed by atoms with Gasteiger partial charge in [-0.05, 0) is 76.3 Å². The number of carbonyl (C=O) groups excluding carboxylic acids is 1. The number of ether oxygens (including phenoxy) is 1. The van der Waals surface area contributed by atoms with Gasteiger partial charge in [0.25, 0.3) is 0 Å². The van der Waals surface area contributed by atoms with E-state index in [4.69, 9.17) is 14.9 Å². The number of aromatic nitrogens is 6. The number of esters is 1. The second-order valence-corrected chi connectivity index (χ2v) is 18.7. The third-order valence-corrected chi connectivity index (χ3v) is 14.9. The number of hydrogen-bond acceptors (Lipinski definition) is 12. The Hall–Kier alpha value is -4.34. The maximum atomic E-state index is 13.0. The van der Waals surface area contributed by atoms with Crippen molar-refractivity contribution >= 4 is 45.6 Å². The molecule has 59 heavy (non-hydrogen) atoms. The quantitative estimate of drug-likeness (QED) is 0.113. The van der Waals surface area contributed by atoms with Gasteiger partial charge < -0.3 is 44.9 Å². The van der Waals surface area contributed by atoms with Crippen molar-refractivity contribution in [3.63, 3.8) is 0 Å². The SMILES string of the molecule is O=C(O)[C@@H]1CCN(c2ncnc3[nH]ccc23)CC12CC2.O=C(OCC1(CO)CCCCC1)[C@@H]1CCN(c2ncnc3[nH]ccc23)CC12CC2.OCC1(CO)CCCCC1. The molecule has 0 aromatic carbocycles. The molecule has 0 bridgehead atoms. The van der Waals surface area contributed by atoms with Gasteiger partial charge in [-0.3, -0.25) is 9.59 Å². The first-order chi connectivity index (χ1) is 28.7. The van der Waals surface area contributed by atoms with Crippen molar-refractivity contribution in [3.8, 4) is 0 Å². The Morgan fingerprint density at radius 3 is 1.54 bits per heavy atom. The summed E-state index contributed by atoms with van der Waals surface area (Å²) in [6.45, 7) is 3.97. The van der Waals surface area contributed by atoms with E-state index in [9.17, 15) is 19.8 Å². The van der Waals surface area contributed by atoms with E-state index in [0.717, 1.165) is 131 Å². The van der Waals surface area contributed by atoms with Crippen LogP contribution in [0.1, 0.15) is 103 Å². The van der Waals surface area contributed by atoms with Crippen LogP contribution >= 0.6 is 0 Å². The van der Waals surface area contributed by atoms with Crippen LogP contribution in [-0.4, -0.2) is 115 Å². The summed E-state index contributed by atoms with van der Waals surface area (Å²) in [6, 6.07) is 4.00. The lowest BCUT2D eigenvalue weighted by molar-refractivity contribution is -0.157. The van der Waals surface area contributed by atoms with Crippen molar-refractivity contribution in [3.05, 3.63) is 37.2 Å². The van der Waals surface area contributed by atoms with Gasteiger partial charge in [0.05, 0.1) is 49.0 Å². The van der Waals surface area contributed by atoms with Gasteiger partial charge in [0.1, 0.15) is 35.6 Å². The van der Waals surface area contributed by atoms with Crippen molar-refractivity contribution in [2.75, 3.05) is 62.4 Å². The second kappa shape index (κ2) is 17.3. The van der Waals surface area contributed by atoms with E-state index in [0.29, 0.717) is 13.0 Å². The highest BCUT2D eigenvalue weighted by Gasteiger charge is 2.57. The standard InChI is InChI=1S/C22H30N4O3.C14H16N4O2.C8H16O2/c27-13-21(6-2-1-3-7-21)14-29-20(28)17-5-11-26(12-22(17)8-9-22)19-16-4-10-23-18(16)24-15-25-19;19-13(20)10-2-6-18(7-14(10)3-4-14)12-9-1-5-15-11(9)16-8-17-12;9-6-8(7-10)4-2-1-3-5-8/h4,10,15,17,27H,1-3,5-9,11-14H2,(H,23,24,25);1,5,8,10H,2-4,6-7H2,(H,19,20)(H,15,16,17);9-10H,1-7H2/t17-;10-;/m00./s1. The Bertz CT molecular complexity index is 2040. The summed E-state index contributed by atoms with van der Waals surface area (Å²) < 4.78 is 5.84. The van der Waals surface area contributed by atoms with Gasteiger partial charge >= 0.3 is 11.9 Å². The molecule has 10 rings (SSSR count). The van der Waals surface area contributed by atoms with Crippen LogP contribution in [0.4, 0.5) is 11.6 Å². The lowest BCUT2D eigenvalue weighted by atomic mass is 9.75. The minimum atomic E-state index is -0.642. The van der Waals surface area contributed by atoms with Gasteiger partial charge in [0, 0.05) is 60.2 Å². The summed E-state index contributed by atoms with van der Waals surface area (Å²) in [4.78, 5) is 52.6. The predicted octanol–water partition coefficient (Wildman–Crippen LogP) is 5.62. The molecule has 4 aliphatic carbocycles. The van der Waals surface area contributed by atoms with Gasteiger partial charge in [0.15, 0.2) is 0 Å². The predicted molar refractivity (Wildman–Crippen MR) is 223 cm³/mol. The molecule has 6 fully saturated rings. The van der Waals surface area contributed by atoms with E-state index in [-0.39, 0.29) is 59.3 Å². The molecular formula is C44H62N8O7. The zero-order chi connectivity index (χ0) is 41.1. The monoisotopic (exact) mass is 814 g/mol. The molecule has 2 saturated heterocycles. The molecule has 2 spiro atoms. The fourth-order valence-corrected chi connectivity index (χ4v) is 10.6. The van der Waals surface area contributed by atoms with Gasteiger partial charge in [-0.15, -0.1) is 0 Å². The number of carboxylic acids is 1. The molecule has 15 heteroatoms. The van der Waals surface area contributed by atoms with E-state index < -0.39 is 5.97 Å². The number of aromatic amines is 2. The molecule has 0 amide bonds. The van der Waals surface area contributed by atoms with Crippen LogP contribution in [-0.2, 0) is 14.3 Å². The molecule has 4 aromatic heterocycles. The number of aliphatic hydroxyl groups excluding tert-OH is 3. The zero-order valence-electron chi connectivity index (χ0n) is 34.3. The van der Waals surface area contributed by atoms with Crippen molar-refractivity contribution in [1.82, 2.24) is 29.9 Å². The average molecular weight is 815 g/mol. The number of piperidine rings is 2. The number of rotatable bonds is 9. The Morgan fingerprint density at radius 2 is 1.10 bits per heavy atom. The molecule has 2 atom stereocenters. The van der Waals surface area contributed by atoms with Crippen molar-refractivity contribution in [1.29, 1.82) is 0 Å². The fourth-order valence-electron chi connectivity index (χ4n) is 10.6. The average Bonchev–Trinajstić information content (AvgIpc) is 4.07. The normalized spacial score (nSPS) is 24.8. The zero-order valence-corrected chi connectivity index (χ0v) is 34.3. The van der Waals surface area contributed by atoms with Crippen LogP contribution in [0, 0.1) is 33.5 Å². The van der Waals surface area contributed by atoms with Crippen LogP contribution in [0.3, 0.4) is 0 Å². The van der Waals surface area contributed by atoms with Gasteiger partial charge in [-0.1, -0.05) is 38.5 Å². The first-order valence-corrected chi connectivity index (χ1v) is 22.0. The van der Waals surface area contributed by atoms with Crippen LogP contribution < -0.4 is 9.80 Å². The molecule has 6 aliphatic rings. The van der Waals surface area contributed by atoms with Crippen LogP contribution in [0.5, 0.6) is 0 Å².